The molecule has 2 saturated carbocycles. The number of benzene rings is 1. The summed E-state index contributed by atoms with van der Waals surface area (Å²) in [6.07, 6.45) is 3.89. The smallest absolute Gasteiger partial charge is 0.251 e. The molecule has 3 atom stereocenters. The highest BCUT2D eigenvalue weighted by Gasteiger charge is 2.34. The van der Waals surface area contributed by atoms with Gasteiger partial charge in [0, 0.05) is 6.04 Å². The van der Waals surface area contributed by atoms with E-state index in [9.17, 15) is 14.7 Å². The number of halogens is 1. The van der Waals surface area contributed by atoms with Crippen LogP contribution in [0.4, 0.5) is 0 Å². The molecule has 1 aromatic rings. The molecule has 0 aliphatic heterocycles. The zero-order chi connectivity index (χ0) is 17.8. The summed E-state index contributed by atoms with van der Waals surface area (Å²) in [7, 11) is 0. The summed E-state index contributed by atoms with van der Waals surface area (Å²) in [5.74, 6) is -0.193. The molecule has 2 amide bonds. The van der Waals surface area contributed by atoms with Gasteiger partial charge in [0.2, 0.25) is 5.91 Å². The van der Waals surface area contributed by atoms with Crippen molar-refractivity contribution in [3.63, 3.8) is 0 Å². The molecule has 2 aliphatic rings. The van der Waals surface area contributed by atoms with Gasteiger partial charge < -0.3 is 21.5 Å². The molecule has 0 spiro atoms. The van der Waals surface area contributed by atoms with E-state index in [4.69, 9.17) is 5.73 Å². The van der Waals surface area contributed by atoms with Crippen molar-refractivity contribution in [2.75, 3.05) is 0 Å². The maximum Gasteiger partial charge on any atom is 0.251 e. The van der Waals surface area contributed by atoms with Crippen molar-refractivity contribution in [3.8, 4) is 0 Å². The van der Waals surface area contributed by atoms with Gasteiger partial charge in [-0.25, -0.2) is 0 Å². The Morgan fingerprint density at radius 3 is 2.35 bits per heavy atom. The fourth-order valence-electron chi connectivity index (χ4n) is 2.92. The predicted molar refractivity (Wildman–Crippen MR) is 102 cm³/mol. The average Bonchev–Trinajstić information content (AvgIpc) is 3.51. The Morgan fingerprint density at radius 1 is 1.12 bits per heavy atom. The van der Waals surface area contributed by atoms with Crippen molar-refractivity contribution in [1.29, 1.82) is 0 Å². The zero-order valence-corrected chi connectivity index (χ0v) is 15.6. The minimum absolute atomic E-state index is 0. The van der Waals surface area contributed by atoms with Crippen LogP contribution in [0.25, 0.3) is 0 Å². The molecule has 0 radical (unpaired) electrons. The van der Waals surface area contributed by atoms with Crippen molar-refractivity contribution in [2.45, 2.75) is 62.8 Å². The number of aliphatic hydroxyl groups is 1. The number of rotatable bonds is 9. The summed E-state index contributed by atoms with van der Waals surface area (Å²) in [6, 6.07) is 8.38. The van der Waals surface area contributed by atoms with E-state index >= 15 is 0 Å². The SMILES string of the molecule is Cl.NC(CC1CC1)C(=O)NC(Cc1ccccc1)C(O)C(=O)NC1CC1. The lowest BCUT2D eigenvalue weighted by Gasteiger charge is -2.25. The maximum atomic E-state index is 12.4. The van der Waals surface area contributed by atoms with Gasteiger partial charge in [0.15, 0.2) is 6.10 Å². The number of carbonyl (C=O) groups excluding carboxylic acids is 2. The molecule has 6 nitrogen and oxygen atoms in total. The summed E-state index contributed by atoms with van der Waals surface area (Å²) in [4.78, 5) is 24.6. The van der Waals surface area contributed by atoms with E-state index in [2.05, 4.69) is 10.6 Å². The van der Waals surface area contributed by atoms with E-state index in [1.807, 2.05) is 30.3 Å². The highest BCUT2D eigenvalue weighted by molar-refractivity contribution is 5.86. The number of hydrogen-bond acceptors (Lipinski definition) is 4. The molecule has 0 aromatic heterocycles. The van der Waals surface area contributed by atoms with Gasteiger partial charge in [0.05, 0.1) is 12.1 Å². The Labute approximate surface area is 160 Å². The lowest BCUT2D eigenvalue weighted by molar-refractivity contribution is -0.132. The van der Waals surface area contributed by atoms with Gasteiger partial charge in [0.25, 0.3) is 5.91 Å². The lowest BCUT2D eigenvalue weighted by Crippen LogP contribution is -2.55. The molecule has 7 heteroatoms. The first-order valence-electron chi connectivity index (χ1n) is 9.11. The predicted octanol–water partition coefficient (Wildman–Crippen LogP) is 0.903. The molecule has 0 heterocycles. The standard InChI is InChI=1S/C19H27N3O3.ClH/c20-15(10-13-6-7-13)18(24)22-16(11-12-4-2-1-3-5-12)17(23)19(25)21-14-8-9-14;/h1-5,13-17,23H,6-11,20H2,(H,21,25)(H,22,24);1H. The molecule has 0 bridgehead atoms. The van der Waals surface area contributed by atoms with Crippen molar-refractivity contribution >= 4 is 24.2 Å². The molecule has 3 rings (SSSR count). The van der Waals surface area contributed by atoms with Crippen LogP contribution in [0.15, 0.2) is 30.3 Å². The average molecular weight is 382 g/mol. The number of nitrogens with one attached hydrogen (secondary N) is 2. The Bertz CT molecular complexity index is 605. The van der Waals surface area contributed by atoms with E-state index < -0.39 is 24.1 Å². The summed E-state index contributed by atoms with van der Waals surface area (Å²) < 4.78 is 0. The van der Waals surface area contributed by atoms with Gasteiger partial charge in [-0.05, 0) is 37.2 Å². The fraction of sp³-hybridized carbons (Fsp3) is 0.579. The zero-order valence-electron chi connectivity index (χ0n) is 14.8. The number of hydrogen-bond donors (Lipinski definition) is 4. The number of carbonyl (C=O) groups is 2. The van der Waals surface area contributed by atoms with Crippen molar-refractivity contribution in [1.82, 2.24) is 10.6 Å². The summed E-state index contributed by atoms with van der Waals surface area (Å²) >= 11 is 0. The largest absolute Gasteiger partial charge is 0.381 e. The molecular formula is C19H28ClN3O3. The number of amides is 2. The molecule has 2 aliphatic carbocycles. The van der Waals surface area contributed by atoms with Gasteiger partial charge in [0.1, 0.15) is 0 Å². The van der Waals surface area contributed by atoms with Crippen molar-refractivity contribution in [3.05, 3.63) is 35.9 Å². The van der Waals surface area contributed by atoms with E-state index in [0.29, 0.717) is 18.8 Å². The third-order valence-electron chi connectivity index (χ3n) is 4.82. The Kier molecular flexibility index (Phi) is 7.43. The fourth-order valence-corrected chi connectivity index (χ4v) is 2.92. The van der Waals surface area contributed by atoms with Crippen molar-refractivity contribution < 1.29 is 14.7 Å². The molecule has 144 valence electrons. The van der Waals surface area contributed by atoms with Gasteiger partial charge >= 0.3 is 0 Å². The first kappa shape index (κ1) is 20.7. The second-order valence-corrected chi connectivity index (χ2v) is 7.32. The minimum Gasteiger partial charge on any atom is -0.381 e. The first-order valence-corrected chi connectivity index (χ1v) is 9.11. The Hall–Kier alpha value is -1.63. The second kappa shape index (κ2) is 9.35. The molecule has 1 aromatic carbocycles. The molecule has 3 unspecified atom stereocenters. The highest BCUT2D eigenvalue weighted by Crippen LogP contribution is 2.33. The van der Waals surface area contributed by atoms with Crippen LogP contribution in [-0.2, 0) is 16.0 Å². The van der Waals surface area contributed by atoms with E-state index in [1.54, 1.807) is 0 Å². The maximum absolute atomic E-state index is 12.4. The normalized spacial score (nSPS) is 19.6. The highest BCUT2D eigenvalue weighted by atomic mass is 35.5. The lowest BCUT2D eigenvalue weighted by atomic mass is 9.99. The van der Waals surface area contributed by atoms with Crippen LogP contribution in [0.5, 0.6) is 0 Å². The Morgan fingerprint density at radius 2 is 1.77 bits per heavy atom. The third kappa shape index (κ3) is 6.27. The molecule has 2 fully saturated rings. The molecule has 0 saturated heterocycles. The van der Waals surface area contributed by atoms with Crippen LogP contribution >= 0.6 is 12.4 Å². The van der Waals surface area contributed by atoms with E-state index in [0.717, 1.165) is 31.2 Å². The third-order valence-corrected chi connectivity index (χ3v) is 4.82. The molecule has 5 N–H and O–H groups in total. The monoisotopic (exact) mass is 381 g/mol. The number of nitrogens with two attached hydrogens (primary N) is 1. The van der Waals surface area contributed by atoms with Crippen LogP contribution < -0.4 is 16.4 Å². The summed E-state index contributed by atoms with van der Waals surface area (Å²) in [6.45, 7) is 0. The topological polar surface area (TPSA) is 104 Å². The van der Waals surface area contributed by atoms with Crippen LogP contribution in [0.2, 0.25) is 0 Å². The minimum atomic E-state index is -1.29. The van der Waals surface area contributed by atoms with E-state index in [-0.39, 0.29) is 24.4 Å². The molecule has 26 heavy (non-hydrogen) atoms. The van der Waals surface area contributed by atoms with Crippen LogP contribution in [-0.4, -0.2) is 41.2 Å². The quantitative estimate of drug-likeness (QED) is 0.510. The van der Waals surface area contributed by atoms with Crippen LogP contribution in [0, 0.1) is 5.92 Å². The van der Waals surface area contributed by atoms with Crippen LogP contribution in [0.1, 0.15) is 37.7 Å². The second-order valence-electron chi connectivity index (χ2n) is 7.32. The van der Waals surface area contributed by atoms with Crippen LogP contribution in [0.3, 0.4) is 0 Å². The first-order chi connectivity index (χ1) is 12.0. The van der Waals surface area contributed by atoms with E-state index in [1.165, 1.54) is 0 Å². The summed E-state index contributed by atoms with van der Waals surface area (Å²) in [5.41, 5.74) is 6.92. The molecular weight excluding hydrogens is 354 g/mol. The van der Waals surface area contributed by atoms with Gasteiger partial charge in [-0.2, -0.15) is 0 Å². The summed E-state index contributed by atoms with van der Waals surface area (Å²) in [5, 5.41) is 16.1. The van der Waals surface area contributed by atoms with Crippen molar-refractivity contribution in [2.24, 2.45) is 11.7 Å². The van der Waals surface area contributed by atoms with Gasteiger partial charge in [-0.3, -0.25) is 9.59 Å². The van der Waals surface area contributed by atoms with Gasteiger partial charge in [-0.1, -0.05) is 43.2 Å². The van der Waals surface area contributed by atoms with Gasteiger partial charge in [-0.15, -0.1) is 12.4 Å². The Balaban J connectivity index is 0.00000243. The number of aliphatic hydroxyl groups excluding tert-OH is 1.